The zero-order valence-corrected chi connectivity index (χ0v) is 11.2. The number of aldehydes is 1. The first kappa shape index (κ1) is 13.3. The van der Waals surface area contributed by atoms with Crippen molar-refractivity contribution in [3.05, 3.63) is 51.7 Å². The SMILES string of the molecule is Cc1sc(C=O)cc1NC(=O)OCc1ccccc1. The zero-order chi connectivity index (χ0) is 13.7. The molecule has 0 aliphatic heterocycles. The smallest absolute Gasteiger partial charge is 0.411 e. The normalized spacial score (nSPS) is 9.95. The molecule has 0 aliphatic carbocycles. The van der Waals surface area contributed by atoms with Gasteiger partial charge >= 0.3 is 6.09 Å². The van der Waals surface area contributed by atoms with Crippen molar-refractivity contribution in [2.45, 2.75) is 13.5 Å². The number of rotatable bonds is 4. The zero-order valence-electron chi connectivity index (χ0n) is 10.4. The van der Waals surface area contributed by atoms with Crippen molar-refractivity contribution in [2.75, 3.05) is 5.32 Å². The Hall–Kier alpha value is -2.14. The Bertz CT molecular complexity index is 578. The highest BCUT2D eigenvalue weighted by Crippen LogP contribution is 2.25. The topological polar surface area (TPSA) is 55.4 Å². The maximum Gasteiger partial charge on any atom is 0.411 e. The van der Waals surface area contributed by atoms with E-state index in [1.807, 2.05) is 37.3 Å². The van der Waals surface area contributed by atoms with Crippen molar-refractivity contribution in [1.29, 1.82) is 0 Å². The molecular weight excluding hydrogens is 262 g/mol. The van der Waals surface area contributed by atoms with E-state index in [4.69, 9.17) is 4.74 Å². The van der Waals surface area contributed by atoms with Crippen molar-refractivity contribution in [3.8, 4) is 0 Å². The van der Waals surface area contributed by atoms with Crippen molar-refractivity contribution < 1.29 is 14.3 Å². The van der Waals surface area contributed by atoms with Crippen molar-refractivity contribution in [2.24, 2.45) is 0 Å². The molecule has 0 bridgehead atoms. The van der Waals surface area contributed by atoms with Crippen LogP contribution in [0, 0.1) is 6.92 Å². The van der Waals surface area contributed by atoms with Crippen LogP contribution in [0.3, 0.4) is 0 Å². The van der Waals surface area contributed by atoms with E-state index in [-0.39, 0.29) is 6.61 Å². The highest BCUT2D eigenvalue weighted by Gasteiger charge is 2.09. The molecule has 1 heterocycles. The molecule has 5 heteroatoms. The van der Waals surface area contributed by atoms with Gasteiger partial charge in [0.15, 0.2) is 6.29 Å². The Labute approximate surface area is 115 Å². The molecule has 1 aromatic carbocycles. The Morgan fingerprint density at radius 3 is 2.74 bits per heavy atom. The Kier molecular flexibility index (Phi) is 4.30. The fraction of sp³-hybridized carbons (Fsp3) is 0.143. The first-order valence-electron chi connectivity index (χ1n) is 5.72. The molecule has 1 N–H and O–H groups in total. The number of aryl methyl sites for hydroxylation is 1. The summed E-state index contributed by atoms with van der Waals surface area (Å²) in [7, 11) is 0. The third-order valence-electron chi connectivity index (χ3n) is 2.50. The molecular formula is C14H13NO3S. The van der Waals surface area contributed by atoms with E-state index in [1.165, 1.54) is 11.3 Å². The van der Waals surface area contributed by atoms with Gasteiger partial charge in [-0.05, 0) is 18.6 Å². The Morgan fingerprint density at radius 2 is 2.11 bits per heavy atom. The number of carbonyl (C=O) groups excluding carboxylic acids is 2. The van der Waals surface area contributed by atoms with Gasteiger partial charge in [0.25, 0.3) is 0 Å². The maximum atomic E-state index is 11.6. The van der Waals surface area contributed by atoms with Crippen LogP contribution in [0.25, 0.3) is 0 Å². The summed E-state index contributed by atoms with van der Waals surface area (Å²) < 4.78 is 5.10. The summed E-state index contributed by atoms with van der Waals surface area (Å²) in [6, 6.07) is 11.1. The summed E-state index contributed by atoms with van der Waals surface area (Å²) in [5.74, 6) is 0. The summed E-state index contributed by atoms with van der Waals surface area (Å²) in [6.07, 6.45) is 0.236. The van der Waals surface area contributed by atoms with E-state index < -0.39 is 6.09 Å². The van der Waals surface area contributed by atoms with E-state index >= 15 is 0 Å². The Balaban J connectivity index is 1.90. The van der Waals surface area contributed by atoms with Gasteiger partial charge < -0.3 is 4.74 Å². The molecule has 4 nitrogen and oxygen atoms in total. The average molecular weight is 275 g/mol. The number of amides is 1. The van der Waals surface area contributed by atoms with Crippen LogP contribution < -0.4 is 5.32 Å². The number of carbonyl (C=O) groups is 2. The van der Waals surface area contributed by atoms with Gasteiger partial charge in [-0.15, -0.1) is 11.3 Å². The minimum atomic E-state index is -0.526. The number of thiophene rings is 1. The van der Waals surface area contributed by atoms with Gasteiger partial charge in [-0.3, -0.25) is 10.1 Å². The third-order valence-corrected chi connectivity index (χ3v) is 3.48. The van der Waals surface area contributed by atoms with Crippen LogP contribution in [0.1, 0.15) is 20.1 Å². The first-order valence-corrected chi connectivity index (χ1v) is 6.54. The predicted octanol–water partition coefficient (Wildman–Crippen LogP) is 3.62. The van der Waals surface area contributed by atoms with Gasteiger partial charge in [-0.25, -0.2) is 4.79 Å². The molecule has 19 heavy (non-hydrogen) atoms. The van der Waals surface area contributed by atoms with Gasteiger partial charge in [0.2, 0.25) is 0 Å². The molecule has 2 rings (SSSR count). The van der Waals surface area contributed by atoms with Crippen LogP contribution in [0.5, 0.6) is 0 Å². The lowest BCUT2D eigenvalue weighted by atomic mass is 10.2. The van der Waals surface area contributed by atoms with Gasteiger partial charge in [-0.2, -0.15) is 0 Å². The summed E-state index contributed by atoms with van der Waals surface area (Å²) in [4.78, 5) is 23.7. The number of ether oxygens (including phenoxy) is 1. The molecule has 0 atom stereocenters. The number of anilines is 1. The molecule has 0 spiro atoms. The van der Waals surface area contributed by atoms with E-state index in [0.29, 0.717) is 10.6 Å². The molecule has 0 saturated carbocycles. The van der Waals surface area contributed by atoms with Crippen LogP contribution >= 0.6 is 11.3 Å². The number of hydrogen-bond donors (Lipinski definition) is 1. The summed E-state index contributed by atoms with van der Waals surface area (Å²) in [5.41, 5.74) is 1.54. The highest BCUT2D eigenvalue weighted by molar-refractivity contribution is 7.14. The lowest BCUT2D eigenvalue weighted by Gasteiger charge is -2.06. The van der Waals surface area contributed by atoms with Crippen LogP contribution in [0.4, 0.5) is 10.5 Å². The maximum absolute atomic E-state index is 11.6. The van der Waals surface area contributed by atoms with Crippen molar-refractivity contribution >= 4 is 29.4 Å². The molecule has 0 aliphatic rings. The highest BCUT2D eigenvalue weighted by atomic mass is 32.1. The molecule has 2 aromatic rings. The second-order valence-corrected chi connectivity index (χ2v) is 5.21. The number of nitrogens with one attached hydrogen (secondary N) is 1. The fourth-order valence-electron chi connectivity index (χ4n) is 1.56. The van der Waals surface area contributed by atoms with E-state index in [2.05, 4.69) is 5.32 Å². The summed E-state index contributed by atoms with van der Waals surface area (Å²) >= 11 is 1.33. The fourth-order valence-corrected chi connectivity index (χ4v) is 2.35. The largest absolute Gasteiger partial charge is 0.444 e. The molecule has 1 aromatic heterocycles. The minimum Gasteiger partial charge on any atom is -0.444 e. The molecule has 1 amide bonds. The molecule has 0 unspecified atom stereocenters. The molecule has 0 saturated heterocycles. The van der Waals surface area contributed by atoms with Gasteiger partial charge in [0.05, 0.1) is 10.6 Å². The summed E-state index contributed by atoms with van der Waals surface area (Å²) in [6.45, 7) is 2.06. The van der Waals surface area contributed by atoms with E-state index in [9.17, 15) is 9.59 Å². The Morgan fingerprint density at radius 1 is 1.37 bits per heavy atom. The van der Waals surface area contributed by atoms with Crippen LogP contribution in [-0.2, 0) is 11.3 Å². The predicted molar refractivity (Wildman–Crippen MR) is 74.7 cm³/mol. The summed E-state index contributed by atoms with van der Waals surface area (Å²) in [5, 5.41) is 2.63. The monoisotopic (exact) mass is 275 g/mol. The number of benzene rings is 1. The van der Waals surface area contributed by atoms with E-state index in [0.717, 1.165) is 16.7 Å². The van der Waals surface area contributed by atoms with Crippen molar-refractivity contribution in [3.63, 3.8) is 0 Å². The second kappa shape index (κ2) is 6.15. The minimum absolute atomic E-state index is 0.219. The van der Waals surface area contributed by atoms with Crippen LogP contribution in [0.15, 0.2) is 36.4 Å². The molecule has 0 fully saturated rings. The molecule has 0 radical (unpaired) electrons. The second-order valence-electron chi connectivity index (χ2n) is 3.92. The van der Waals surface area contributed by atoms with Gasteiger partial charge in [-0.1, -0.05) is 30.3 Å². The first-order chi connectivity index (χ1) is 9.19. The lowest BCUT2D eigenvalue weighted by molar-refractivity contribution is 0.112. The van der Waals surface area contributed by atoms with Crippen LogP contribution in [0.2, 0.25) is 0 Å². The van der Waals surface area contributed by atoms with E-state index in [1.54, 1.807) is 6.07 Å². The standard InChI is InChI=1S/C14H13NO3S/c1-10-13(7-12(8-16)19-10)15-14(17)18-9-11-5-3-2-4-6-11/h2-8H,9H2,1H3,(H,15,17). The van der Waals surface area contributed by atoms with Crippen LogP contribution in [-0.4, -0.2) is 12.4 Å². The van der Waals surface area contributed by atoms with Gasteiger partial charge in [0, 0.05) is 4.88 Å². The average Bonchev–Trinajstić information content (AvgIpc) is 2.78. The number of hydrogen-bond acceptors (Lipinski definition) is 4. The van der Waals surface area contributed by atoms with Gasteiger partial charge in [0.1, 0.15) is 6.61 Å². The lowest BCUT2D eigenvalue weighted by Crippen LogP contribution is -2.13. The third kappa shape index (κ3) is 3.66. The van der Waals surface area contributed by atoms with Crippen molar-refractivity contribution in [1.82, 2.24) is 0 Å². The molecule has 98 valence electrons. The quantitative estimate of drug-likeness (QED) is 0.867.